The van der Waals surface area contributed by atoms with Gasteiger partial charge in [0.2, 0.25) is 10.0 Å². The Kier molecular flexibility index (Phi) is 7.28. The van der Waals surface area contributed by atoms with Gasteiger partial charge in [0.25, 0.3) is 5.91 Å². The fourth-order valence-electron chi connectivity index (χ4n) is 3.26. The lowest BCUT2D eigenvalue weighted by atomic mass is 10.2. The van der Waals surface area contributed by atoms with E-state index in [9.17, 15) is 13.2 Å². The van der Waals surface area contributed by atoms with Crippen molar-refractivity contribution in [2.24, 2.45) is 0 Å². The summed E-state index contributed by atoms with van der Waals surface area (Å²) in [4.78, 5) is 14.4. The van der Waals surface area contributed by atoms with Crippen LogP contribution in [0.5, 0.6) is 5.75 Å². The van der Waals surface area contributed by atoms with Crippen molar-refractivity contribution in [3.05, 3.63) is 65.7 Å². The van der Waals surface area contributed by atoms with Crippen LogP contribution < -0.4 is 4.74 Å². The van der Waals surface area contributed by atoms with Gasteiger partial charge in [0.05, 0.1) is 12.4 Å². The number of sulfonamides is 1. The van der Waals surface area contributed by atoms with Crippen LogP contribution >= 0.6 is 0 Å². The molecule has 0 spiro atoms. The third-order valence-corrected chi connectivity index (χ3v) is 6.83. The van der Waals surface area contributed by atoms with Crippen LogP contribution in [0.3, 0.4) is 0 Å². The summed E-state index contributed by atoms with van der Waals surface area (Å²) >= 11 is 0. The highest BCUT2D eigenvalue weighted by molar-refractivity contribution is 7.88. The second-order valence-electron chi connectivity index (χ2n) is 7.16. The molecule has 0 atom stereocenters. The van der Waals surface area contributed by atoms with E-state index in [0.29, 0.717) is 38.3 Å². The van der Waals surface area contributed by atoms with E-state index in [1.54, 1.807) is 17.0 Å². The van der Waals surface area contributed by atoms with Gasteiger partial charge >= 0.3 is 0 Å². The molecular weight excluding hydrogens is 388 g/mol. The van der Waals surface area contributed by atoms with E-state index in [2.05, 4.69) is 6.92 Å². The third kappa shape index (κ3) is 5.81. The molecule has 6 nitrogen and oxygen atoms in total. The van der Waals surface area contributed by atoms with E-state index in [1.807, 2.05) is 42.5 Å². The number of hydrogen-bond donors (Lipinski definition) is 0. The standard InChI is InChI=1S/C22H28N2O4S/c1-2-3-17-28-21-11-9-20(10-12-21)22(25)23-13-15-24(16-14-23)29(26,27)18-19-7-5-4-6-8-19/h4-12H,2-3,13-18H2,1H3. The van der Waals surface area contributed by atoms with Crippen molar-refractivity contribution in [3.63, 3.8) is 0 Å². The zero-order valence-corrected chi connectivity index (χ0v) is 17.6. The van der Waals surface area contributed by atoms with E-state index in [1.165, 1.54) is 4.31 Å². The average Bonchev–Trinajstić information content (AvgIpc) is 2.74. The largest absolute Gasteiger partial charge is 0.494 e. The maximum Gasteiger partial charge on any atom is 0.253 e. The van der Waals surface area contributed by atoms with E-state index in [0.717, 1.165) is 24.2 Å². The molecule has 1 amide bonds. The SMILES string of the molecule is CCCCOc1ccc(C(=O)N2CCN(S(=O)(=O)Cc3ccccc3)CC2)cc1. The van der Waals surface area contributed by atoms with Gasteiger partial charge in [0.15, 0.2) is 0 Å². The maximum absolute atomic E-state index is 12.7. The fraction of sp³-hybridized carbons (Fsp3) is 0.409. The number of amides is 1. The first-order valence-corrected chi connectivity index (χ1v) is 11.6. The first-order valence-electron chi connectivity index (χ1n) is 10.0. The average molecular weight is 417 g/mol. The van der Waals surface area contributed by atoms with Gasteiger partial charge in [-0.1, -0.05) is 43.7 Å². The third-order valence-electron chi connectivity index (χ3n) is 4.98. The smallest absolute Gasteiger partial charge is 0.253 e. The zero-order chi connectivity index (χ0) is 20.7. The van der Waals surface area contributed by atoms with E-state index in [-0.39, 0.29) is 11.7 Å². The van der Waals surface area contributed by atoms with Crippen LogP contribution in [-0.4, -0.2) is 56.3 Å². The Bertz CT molecular complexity index is 890. The summed E-state index contributed by atoms with van der Waals surface area (Å²) < 4.78 is 32.4. The van der Waals surface area contributed by atoms with Crippen molar-refractivity contribution in [1.29, 1.82) is 0 Å². The number of hydrogen-bond acceptors (Lipinski definition) is 4. The van der Waals surface area contributed by atoms with E-state index in [4.69, 9.17) is 4.74 Å². The molecule has 2 aromatic rings. The van der Waals surface area contributed by atoms with Gasteiger partial charge < -0.3 is 9.64 Å². The second kappa shape index (κ2) is 9.89. The molecule has 1 aliphatic heterocycles. The lowest BCUT2D eigenvalue weighted by molar-refractivity contribution is 0.0697. The highest BCUT2D eigenvalue weighted by Gasteiger charge is 2.29. The van der Waals surface area contributed by atoms with Gasteiger partial charge in [-0.05, 0) is 36.2 Å². The Hall–Kier alpha value is -2.38. The van der Waals surface area contributed by atoms with Crippen molar-refractivity contribution in [2.75, 3.05) is 32.8 Å². The Balaban J connectivity index is 1.54. The molecule has 0 saturated carbocycles. The molecule has 1 saturated heterocycles. The molecule has 3 rings (SSSR count). The van der Waals surface area contributed by atoms with Gasteiger partial charge in [0, 0.05) is 31.7 Å². The maximum atomic E-state index is 12.7. The monoisotopic (exact) mass is 416 g/mol. The summed E-state index contributed by atoms with van der Waals surface area (Å²) in [6, 6.07) is 16.3. The first kappa shape index (κ1) is 21.3. The lowest BCUT2D eigenvalue weighted by Gasteiger charge is -2.34. The van der Waals surface area contributed by atoms with Crippen molar-refractivity contribution in [3.8, 4) is 5.75 Å². The number of unbranched alkanes of at least 4 members (excludes halogenated alkanes) is 1. The molecule has 1 aliphatic rings. The Morgan fingerprint density at radius 2 is 1.62 bits per heavy atom. The second-order valence-corrected chi connectivity index (χ2v) is 9.13. The van der Waals surface area contributed by atoms with Crippen LogP contribution in [0.2, 0.25) is 0 Å². The summed E-state index contributed by atoms with van der Waals surface area (Å²) in [5.41, 5.74) is 1.36. The first-order chi connectivity index (χ1) is 14.0. The number of benzene rings is 2. The summed E-state index contributed by atoms with van der Waals surface area (Å²) in [6.07, 6.45) is 2.07. The highest BCUT2D eigenvalue weighted by Crippen LogP contribution is 2.17. The Morgan fingerprint density at radius 3 is 2.24 bits per heavy atom. The Morgan fingerprint density at radius 1 is 0.966 bits per heavy atom. The molecule has 2 aromatic carbocycles. The van der Waals surface area contributed by atoms with Gasteiger partial charge in [-0.15, -0.1) is 0 Å². The molecule has 0 bridgehead atoms. The van der Waals surface area contributed by atoms with Crippen molar-refractivity contribution < 1.29 is 17.9 Å². The van der Waals surface area contributed by atoms with Gasteiger partial charge in [-0.2, -0.15) is 4.31 Å². The quantitative estimate of drug-likeness (QED) is 0.620. The number of ether oxygens (including phenoxy) is 1. The summed E-state index contributed by atoms with van der Waals surface area (Å²) in [6.45, 7) is 4.20. The number of carbonyl (C=O) groups is 1. The van der Waals surface area contributed by atoms with Crippen LogP contribution in [0.25, 0.3) is 0 Å². The lowest BCUT2D eigenvalue weighted by Crippen LogP contribution is -2.50. The van der Waals surface area contributed by atoms with Crippen LogP contribution in [0, 0.1) is 0 Å². The van der Waals surface area contributed by atoms with Crippen molar-refractivity contribution >= 4 is 15.9 Å². The fourth-order valence-corrected chi connectivity index (χ4v) is 4.77. The zero-order valence-electron chi connectivity index (χ0n) is 16.8. The van der Waals surface area contributed by atoms with Crippen LogP contribution in [-0.2, 0) is 15.8 Å². The molecule has 7 heteroatoms. The molecule has 0 radical (unpaired) electrons. The topological polar surface area (TPSA) is 66.9 Å². The predicted molar refractivity (Wildman–Crippen MR) is 113 cm³/mol. The minimum absolute atomic E-state index is 0.0126. The van der Waals surface area contributed by atoms with Gasteiger partial charge in [-0.25, -0.2) is 8.42 Å². The number of piperazine rings is 1. The predicted octanol–water partition coefficient (Wildman–Crippen LogP) is 3.15. The van der Waals surface area contributed by atoms with E-state index < -0.39 is 10.0 Å². The van der Waals surface area contributed by atoms with Gasteiger partial charge in [0.1, 0.15) is 5.75 Å². The molecule has 156 valence electrons. The van der Waals surface area contributed by atoms with Gasteiger partial charge in [-0.3, -0.25) is 4.79 Å². The summed E-state index contributed by atoms with van der Waals surface area (Å²) in [5, 5.41) is 0. The Labute approximate surface area is 173 Å². The van der Waals surface area contributed by atoms with Crippen LogP contribution in [0.1, 0.15) is 35.7 Å². The normalized spacial score (nSPS) is 15.3. The molecule has 29 heavy (non-hydrogen) atoms. The molecular formula is C22H28N2O4S. The van der Waals surface area contributed by atoms with Crippen LogP contribution in [0.15, 0.2) is 54.6 Å². The summed E-state index contributed by atoms with van der Waals surface area (Å²) in [7, 11) is -3.39. The highest BCUT2D eigenvalue weighted by atomic mass is 32.2. The van der Waals surface area contributed by atoms with E-state index >= 15 is 0 Å². The number of rotatable bonds is 8. The van der Waals surface area contributed by atoms with Crippen molar-refractivity contribution in [2.45, 2.75) is 25.5 Å². The minimum Gasteiger partial charge on any atom is -0.494 e. The molecule has 0 unspecified atom stereocenters. The molecule has 1 heterocycles. The summed E-state index contributed by atoms with van der Waals surface area (Å²) in [5.74, 6) is 0.665. The molecule has 0 N–H and O–H groups in total. The number of nitrogens with zero attached hydrogens (tertiary/aromatic N) is 2. The van der Waals surface area contributed by atoms with Crippen LogP contribution in [0.4, 0.5) is 0 Å². The molecule has 0 aliphatic carbocycles. The van der Waals surface area contributed by atoms with Crippen molar-refractivity contribution in [1.82, 2.24) is 9.21 Å². The molecule has 0 aromatic heterocycles. The molecule has 1 fully saturated rings. The minimum atomic E-state index is -3.39. The number of carbonyl (C=O) groups excluding carboxylic acids is 1.